The van der Waals surface area contributed by atoms with Crippen LogP contribution < -0.4 is 10.1 Å². The van der Waals surface area contributed by atoms with Gasteiger partial charge in [-0.15, -0.1) is 0 Å². The first-order chi connectivity index (χ1) is 9.26. The Morgan fingerprint density at radius 1 is 1.37 bits per heavy atom. The predicted octanol–water partition coefficient (Wildman–Crippen LogP) is 3.10. The van der Waals surface area contributed by atoms with Crippen LogP contribution >= 0.6 is 11.6 Å². The first-order valence-electron chi connectivity index (χ1n) is 7.04. The van der Waals surface area contributed by atoms with Crippen LogP contribution in [-0.2, 0) is 0 Å². The van der Waals surface area contributed by atoms with Crippen molar-refractivity contribution in [2.75, 3.05) is 33.3 Å². The fourth-order valence-corrected chi connectivity index (χ4v) is 2.91. The molecule has 2 rings (SSSR count). The molecule has 0 spiro atoms. The maximum absolute atomic E-state index is 6.12. The average Bonchev–Trinajstić information content (AvgIpc) is 2.46. The summed E-state index contributed by atoms with van der Waals surface area (Å²) in [5.41, 5.74) is 1.31. The van der Waals surface area contributed by atoms with Crippen molar-refractivity contribution < 1.29 is 4.74 Å². The quantitative estimate of drug-likeness (QED) is 0.898. The van der Waals surface area contributed by atoms with Gasteiger partial charge in [-0.2, -0.15) is 0 Å². The highest BCUT2D eigenvalue weighted by Crippen LogP contribution is 2.32. The standard InChI is InChI=1S/C15H23ClN2O/c1-3-4-14(18-9-7-17-8-10-18)12-5-6-13(16)15(11-12)19-2/h5-6,11,14,17H,3-4,7-10H2,1-2H3/t14-/m0/s1. The molecule has 0 radical (unpaired) electrons. The van der Waals surface area contributed by atoms with E-state index in [2.05, 4.69) is 29.3 Å². The first-order valence-corrected chi connectivity index (χ1v) is 7.42. The van der Waals surface area contributed by atoms with E-state index in [4.69, 9.17) is 16.3 Å². The van der Waals surface area contributed by atoms with E-state index < -0.39 is 0 Å². The Bertz CT molecular complexity index is 405. The van der Waals surface area contributed by atoms with Gasteiger partial charge in [0.1, 0.15) is 5.75 Å². The largest absolute Gasteiger partial charge is 0.495 e. The van der Waals surface area contributed by atoms with Gasteiger partial charge in [0.25, 0.3) is 0 Å². The van der Waals surface area contributed by atoms with Crippen LogP contribution in [0.3, 0.4) is 0 Å². The fraction of sp³-hybridized carbons (Fsp3) is 0.600. The summed E-state index contributed by atoms with van der Waals surface area (Å²) in [6.07, 6.45) is 2.35. The molecule has 1 fully saturated rings. The average molecular weight is 283 g/mol. The van der Waals surface area contributed by atoms with Crippen LogP contribution in [0.1, 0.15) is 31.4 Å². The zero-order chi connectivity index (χ0) is 13.7. The number of hydrogen-bond acceptors (Lipinski definition) is 3. The van der Waals surface area contributed by atoms with E-state index >= 15 is 0 Å². The lowest BCUT2D eigenvalue weighted by Gasteiger charge is -2.35. The summed E-state index contributed by atoms with van der Waals surface area (Å²) in [4.78, 5) is 2.56. The number of rotatable bonds is 5. The first kappa shape index (κ1) is 14.6. The van der Waals surface area contributed by atoms with Gasteiger partial charge in [0, 0.05) is 32.2 Å². The Labute approximate surface area is 120 Å². The Kier molecular flexibility index (Phi) is 5.49. The second-order valence-electron chi connectivity index (χ2n) is 4.98. The molecule has 1 aliphatic rings. The monoisotopic (exact) mass is 282 g/mol. The Morgan fingerprint density at radius 3 is 2.74 bits per heavy atom. The molecule has 0 aliphatic carbocycles. The van der Waals surface area contributed by atoms with Gasteiger partial charge in [-0.3, -0.25) is 4.90 Å². The highest BCUT2D eigenvalue weighted by Gasteiger charge is 2.22. The number of ether oxygens (including phenoxy) is 1. The smallest absolute Gasteiger partial charge is 0.137 e. The molecule has 0 bridgehead atoms. The molecule has 1 saturated heterocycles. The number of benzene rings is 1. The minimum Gasteiger partial charge on any atom is -0.495 e. The molecule has 1 aromatic carbocycles. The van der Waals surface area contributed by atoms with E-state index in [1.807, 2.05) is 6.07 Å². The van der Waals surface area contributed by atoms with Crippen LogP contribution in [0.5, 0.6) is 5.75 Å². The summed E-state index contributed by atoms with van der Waals surface area (Å²) in [7, 11) is 1.67. The highest BCUT2D eigenvalue weighted by molar-refractivity contribution is 6.32. The van der Waals surface area contributed by atoms with Gasteiger partial charge in [0.2, 0.25) is 0 Å². The van der Waals surface area contributed by atoms with Crippen molar-refractivity contribution in [3.63, 3.8) is 0 Å². The summed E-state index contributed by atoms with van der Waals surface area (Å²) >= 11 is 6.12. The summed E-state index contributed by atoms with van der Waals surface area (Å²) in [5.74, 6) is 0.774. The molecule has 3 nitrogen and oxygen atoms in total. The molecule has 1 aromatic rings. The van der Waals surface area contributed by atoms with Crippen LogP contribution in [-0.4, -0.2) is 38.2 Å². The zero-order valence-electron chi connectivity index (χ0n) is 11.8. The Morgan fingerprint density at radius 2 is 2.11 bits per heavy atom. The lowest BCUT2D eigenvalue weighted by Crippen LogP contribution is -2.45. The number of halogens is 1. The van der Waals surface area contributed by atoms with Gasteiger partial charge in [0.15, 0.2) is 0 Å². The van der Waals surface area contributed by atoms with E-state index in [0.717, 1.165) is 31.9 Å². The Balaban J connectivity index is 2.22. The van der Waals surface area contributed by atoms with Gasteiger partial charge in [-0.05, 0) is 24.1 Å². The summed E-state index contributed by atoms with van der Waals surface area (Å²) in [6.45, 7) is 6.60. The van der Waals surface area contributed by atoms with Crippen LogP contribution in [0.2, 0.25) is 5.02 Å². The maximum atomic E-state index is 6.12. The normalized spacial score (nSPS) is 18.3. The van der Waals surface area contributed by atoms with E-state index in [1.54, 1.807) is 7.11 Å². The van der Waals surface area contributed by atoms with Gasteiger partial charge in [-0.1, -0.05) is 31.0 Å². The van der Waals surface area contributed by atoms with E-state index in [-0.39, 0.29) is 0 Å². The molecule has 0 saturated carbocycles. The molecular formula is C15H23ClN2O. The number of nitrogens with zero attached hydrogens (tertiary/aromatic N) is 1. The van der Waals surface area contributed by atoms with Crippen molar-refractivity contribution >= 4 is 11.6 Å². The summed E-state index contributed by atoms with van der Waals surface area (Å²) in [6, 6.07) is 6.64. The summed E-state index contributed by atoms with van der Waals surface area (Å²) in [5, 5.41) is 4.09. The number of hydrogen-bond donors (Lipinski definition) is 1. The summed E-state index contributed by atoms with van der Waals surface area (Å²) < 4.78 is 5.34. The molecule has 19 heavy (non-hydrogen) atoms. The minimum absolute atomic E-state index is 0.471. The van der Waals surface area contributed by atoms with Crippen molar-refractivity contribution in [1.29, 1.82) is 0 Å². The molecule has 4 heteroatoms. The van der Waals surface area contributed by atoms with Gasteiger partial charge >= 0.3 is 0 Å². The SMILES string of the molecule is CCC[C@@H](c1ccc(Cl)c(OC)c1)N1CCNCC1. The Hall–Kier alpha value is -0.770. The molecule has 1 atom stereocenters. The molecule has 0 amide bonds. The molecule has 1 aliphatic heterocycles. The zero-order valence-corrected chi connectivity index (χ0v) is 12.5. The fourth-order valence-electron chi connectivity index (χ4n) is 2.71. The number of methoxy groups -OCH3 is 1. The van der Waals surface area contributed by atoms with Crippen molar-refractivity contribution in [3.05, 3.63) is 28.8 Å². The van der Waals surface area contributed by atoms with Crippen molar-refractivity contribution in [1.82, 2.24) is 10.2 Å². The topological polar surface area (TPSA) is 24.5 Å². The van der Waals surface area contributed by atoms with Crippen molar-refractivity contribution in [3.8, 4) is 5.75 Å². The second-order valence-corrected chi connectivity index (χ2v) is 5.39. The van der Waals surface area contributed by atoms with Crippen LogP contribution in [0.4, 0.5) is 0 Å². The van der Waals surface area contributed by atoms with Crippen LogP contribution in [0.25, 0.3) is 0 Å². The number of nitrogens with one attached hydrogen (secondary N) is 1. The van der Waals surface area contributed by atoms with E-state index in [0.29, 0.717) is 11.1 Å². The van der Waals surface area contributed by atoms with Crippen LogP contribution in [0, 0.1) is 0 Å². The van der Waals surface area contributed by atoms with E-state index in [1.165, 1.54) is 18.4 Å². The third kappa shape index (κ3) is 3.62. The minimum atomic E-state index is 0.471. The molecule has 106 valence electrons. The lowest BCUT2D eigenvalue weighted by atomic mass is 9.99. The number of piperazine rings is 1. The van der Waals surface area contributed by atoms with Gasteiger partial charge in [-0.25, -0.2) is 0 Å². The van der Waals surface area contributed by atoms with E-state index in [9.17, 15) is 0 Å². The predicted molar refractivity (Wildman–Crippen MR) is 80.1 cm³/mol. The molecule has 0 unspecified atom stereocenters. The van der Waals surface area contributed by atoms with Crippen molar-refractivity contribution in [2.45, 2.75) is 25.8 Å². The van der Waals surface area contributed by atoms with Gasteiger partial charge in [0.05, 0.1) is 12.1 Å². The second kappa shape index (κ2) is 7.13. The molecule has 1 heterocycles. The van der Waals surface area contributed by atoms with Gasteiger partial charge < -0.3 is 10.1 Å². The maximum Gasteiger partial charge on any atom is 0.137 e. The highest BCUT2D eigenvalue weighted by atomic mass is 35.5. The lowest BCUT2D eigenvalue weighted by molar-refractivity contribution is 0.164. The molecule has 0 aromatic heterocycles. The van der Waals surface area contributed by atoms with Crippen LogP contribution in [0.15, 0.2) is 18.2 Å². The third-order valence-corrected chi connectivity index (χ3v) is 4.03. The molecular weight excluding hydrogens is 260 g/mol. The third-order valence-electron chi connectivity index (χ3n) is 3.71. The van der Waals surface area contributed by atoms with Crippen molar-refractivity contribution in [2.24, 2.45) is 0 Å². The molecule has 1 N–H and O–H groups in total.